The Balaban J connectivity index is 1.97. The van der Waals surface area contributed by atoms with Crippen LogP contribution in [0.3, 0.4) is 0 Å². The van der Waals surface area contributed by atoms with Gasteiger partial charge in [-0.15, -0.1) is 0 Å². The lowest BCUT2D eigenvalue weighted by molar-refractivity contribution is 0.302. The lowest BCUT2D eigenvalue weighted by atomic mass is 10.0. The fraction of sp³-hybridized carbons (Fsp3) is 0.583. The summed E-state index contributed by atoms with van der Waals surface area (Å²) < 4.78 is 12.0. The van der Waals surface area contributed by atoms with Gasteiger partial charge < -0.3 is 9.47 Å². The molecule has 0 N–H and O–H groups in total. The lowest BCUT2D eigenvalue weighted by Gasteiger charge is -2.14. The minimum absolute atomic E-state index is 0.641. The molecule has 0 saturated carbocycles. The van der Waals surface area contributed by atoms with E-state index in [4.69, 9.17) is 9.47 Å². The van der Waals surface area contributed by atoms with Gasteiger partial charge in [-0.3, -0.25) is 0 Å². The van der Waals surface area contributed by atoms with Gasteiger partial charge in [-0.05, 0) is 67.5 Å². The highest BCUT2D eigenvalue weighted by molar-refractivity contribution is 9.09. The zero-order valence-electron chi connectivity index (χ0n) is 17.2. The predicted molar refractivity (Wildman–Crippen MR) is 121 cm³/mol. The van der Waals surface area contributed by atoms with Crippen molar-refractivity contribution in [2.45, 2.75) is 77.0 Å². The lowest BCUT2D eigenvalue weighted by Crippen LogP contribution is -2.02. The van der Waals surface area contributed by atoms with Crippen LogP contribution in [0, 0.1) is 0 Å². The summed E-state index contributed by atoms with van der Waals surface area (Å²) in [6, 6.07) is 10.7. The number of fused-ring (bicyclic) bond motifs is 1. The van der Waals surface area contributed by atoms with Crippen molar-refractivity contribution < 1.29 is 9.47 Å². The molecule has 0 spiro atoms. The third-order valence-electron chi connectivity index (χ3n) is 5.04. The number of hydrogen-bond donors (Lipinski definition) is 0. The largest absolute Gasteiger partial charge is 0.494 e. The van der Waals surface area contributed by atoms with Crippen LogP contribution in [0.2, 0.25) is 0 Å². The molecule has 0 fully saturated rings. The monoisotopic (exact) mass is 434 g/mol. The third kappa shape index (κ3) is 7.03. The second-order valence-electron chi connectivity index (χ2n) is 7.18. The van der Waals surface area contributed by atoms with E-state index in [1.54, 1.807) is 0 Å². The normalized spacial score (nSPS) is 12.3. The van der Waals surface area contributed by atoms with Gasteiger partial charge in [0, 0.05) is 10.4 Å². The molecule has 3 heteroatoms. The standard InChI is InChI=1S/C24H35BrO2/c1-4-7-9-16-26-21-13-14-23-19(18-21)12-15-24(22(23)6-3)27-17-10-8-11-20(25)5-2/h12-15,18,20H,4-11,16-17H2,1-3H3. The molecule has 0 radical (unpaired) electrons. The SMILES string of the molecule is CCCCCOc1ccc2c(CC)c(OCCCCC(Br)CC)ccc2c1. The highest BCUT2D eigenvalue weighted by Gasteiger charge is 2.09. The van der Waals surface area contributed by atoms with Crippen molar-refractivity contribution >= 4 is 26.7 Å². The Hall–Kier alpha value is -1.22. The van der Waals surface area contributed by atoms with Crippen LogP contribution < -0.4 is 9.47 Å². The minimum Gasteiger partial charge on any atom is -0.494 e. The molecule has 0 aromatic heterocycles. The first-order valence-electron chi connectivity index (χ1n) is 10.6. The average Bonchev–Trinajstić information content (AvgIpc) is 2.70. The summed E-state index contributed by atoms with van der Waals surface area (Å²) in [4.78, 5) is 0.641. The first-order chi connectivity index (χ1) is 13.2. The fourth-order valence-corrected chi connectivity index (χ4v) is 3.66. The van der Waals surface area contributed by atoms with E-state index in [2.05, 4.69) is 67.0 Å². The molecule has 0 heterocycles. The maximum atomic E-state index is 6.13. The smallest absolute Gasteiger partial charge is 0.123 e. The Morgan fingerprint density at radius 3 is 2.41 bits per heavy atom. The molecule has 0 amide bonds. The van der Waals surface area contributed by atoms with Crippen molar-refractivity contribution in [1.29, 1.82) is 0 Å². The molecule has 2 aromatic carbocycles. The van der Waals surface area contributed by atoms with Crippen LogP contribution in [-0.4, -0.2) is 18.0 Å². The van der Waals surface area contributed by atoms with Crippen LogP contribution >= 0.6 is 15.9 Å². The minimum atomic E-state index is 0.641. The first-order valence-corrected chi connectivity index (χ1v) is 11.6. The molecule has 0 saturated heterocycles. The third-order valence-corrected chi connectivity index (χ3v) is 6.15. The van der Waals surface area contributed by atoms with E-state index in [1.165, 1.54) is 48.4 Å². The quantitative estimate of drug-likeness (QED) is 0.237. The summed E-state index contributed by atoms with van der Waals surface area (Å²) >= 11 is 3.70. The fourth-order valence-electron chi connectivity index (χ4n) is 3.34. The van der Waals surface area contributed by atoms with Crippen molar-refractivity contribution in [3.05, 3.63) is 35.9 Å². The van der Waals surface area contributed by atoms with Gasteiger partial charge in [-0.2, -0.15) is 0 Å². The Kier molecular flexibility index (Phi) is 10.0. The van der Waals surface area contributed by atoms with Crippen molar-refractivity contribution in [2.75, 3.05) is 13.2 Å². The van der Waals surface area contributed by atoms with Gasteiger partial charge in [0.05, 0.1) is 13.2 Å². The maximum absolute atomic E-state index is 6.13. The van der Waals surface area contributed by atoms with Gasteiger partial charge in [-0.25, -0.2) is 0 Å². The van der Waals surface area contributed by atoms with Crippen molar-refractivity contribution in [2.24, 2.45) is 0 Å². The summed E-state index contributed by atoms with van der Waals surface area (Å²) in [7, 11) is 0. The molecule has 2 nitrogen and oxygen atoms in total. The van der Waals surface area contributed by atoms with Crippen LogP contribution in [0.1, 0.15) is 71.3 Å². The number of hydrogen-bond acceptors (Lipinski definition) is 2. The maximum Gasteiger partial charge on any atom is 0.123 e. The predicted octanol–water partition coefficient (Wildman–Crippen LogP) is 7.69. The second-order valence-corrected chi connectivity index (χ2v) is 8.48. The summed E-state index contributed by atoms with van der Waals surface area (Å²) in [6.07, 6.45) is 9.26. The Morgan fingerprint density at radius 2 is 1.67 bits per heavy atom. The van der Waals surface area contributed by atoms with Crippen LogP contribution in [0.5, 0.6) is 11.5 Å². The van der Waals surface area contributed by atoms with Crippen molar-refractivity contribution in [3.63, 3.8) is 0 Å². The number of halogens is 1. The number of alkyl halides is 1. The Bertz CT molecular complexity index is 683. The number of rotatable bonds is 13. The molecule has 150 valence electrons. The summed E-state index contributed by atoms with van der Waals surface area (Å²) in [6.45, 7) is 8.23. The van der Waals surface area contributed by atoms with E-state index in [-0.39, 0.29) is 0 Å². The van der Waals surface area contributed by atoms with Crippen LogP contribution in [-0.2, 0) is 6.42 Å². The van der Waals surface area contributed by atoms with Gasteiger partial charge in [-0.1, -0.05) is 61.7 Å². The molecule has 2 rings (SSSR count). The van der Waals surface area contributed by atoms with Crippen molar-refractivity contribution in [3.8, 4) is 11.5 Å². The number of aryl methyl sites for hydroxylation is 1. The van der Waals surface area contributed by atoms with Crippen LogP contribution in [0.15, 0.2) is 30.3 Å². The summed E-state index contributed by atoms with van der Waals surface area (Å²) in [5.41, 5.74) is 1.30. The number of unbranched alkanes of at least 4 members (excludes halogenated alkanes) is 3. The molecule has 27 heavy (non-hydrogen) atoms. The zero-order chi connectivity index (χ0) is 19.5. The molecule has 0 aliphatic carbocycles. The highest BCUT2D eigenvalue weighted by atomic mass is 79.9. The van der Waals surface area contributed by atoms with E-state index in [0.29, 0.717) is 4.83 Å². The Labute approximate surface area is 173 Å². The summed E-state index contributed by atoms with van der Waals surface area (Å²) in [5, 5.41) is 2.51. The molecule has 2 aromatic rings. The van der Waals surface area contributed by atoms with E-state index < -0.39 is 0 Å². The first kappa shape index (κ1) is 22.1. The van der Waals surface area contributed by atoms with E-state index >= 15 is 0 Å². The highest BCUT2D eigenvalue weighted by Crippen LogP contribution is 2.31. The number of benzene rings is 2. The van der Waals surface area contributed by atoms with E-state index in [0.717, 1.165) is 44.0 Å². The van der Waals surface area contributed by atoms with Gasteiger partial charge in [0.15, 0.2) is 0 Å². The number of ether oxygens (including phenoxy) is 2. The molecule has 0 aliphatic rings. The zero-order valence-corrected chi connectivity index (χ0v) is 18.8. The van der Waals surface area contributed by atoms with Crippen LogP contribution in [0.25, 0.3) is 10.8 Å². The van der Waals surface area contributed by atoms with Gasteiger partial charge in [0.25, 0.3) is 0 Å². The van der Waals surface area contributed by atoms with Gasteiger partial charge in [0.2, 0.25) is 0 Å². The molecule has 0 bridgehead atoms. The van der Waals surface area contributed by atoms with E-state index in [1.807, 2.05) is 0 Å². The average molecular weight is 435 g/mol. The van der Waals surface area contributed by atoms with Gasteiger partial charge >= 0.3 is 0 Å². The van der Waals surface area contributed by atoms with E-state index in [9.17, 15) is 0 Å². The van der Waals surface area contributed by atoms with Crippen LogP contribution in [0.4, 0.5) is 0 Å². The summed E-state index contributed by atoms with van der Waals surface area (Å²) in [5.74, 6) is 2.00. The molecule has 1 atom stereocenters. The van der Waals surface area contributed by atoms with Crippen molar-refractivity contribution in [1.82, 2.24) is 0 Å². The topological polar surface area (TPSA) is 18.5 Å². The second kappa shape index (κ2) is 12.3. The molecular formula is C24H35BrO2. The molecule has 1 unspecified atom stereocenters. The van der Waals surface area contributed by atoms with Gasteiger partial charge in [0.1, 0.15) is 11.5 Å². The Morgan fingerprint density at radius 1 is 0.889 bits per heavy atom. The molecular weight excluding hydrogens is 400 g/mol. The molecule has 0 aliphatic heterocycles.